The highest BCUT2D eigenvalue weighted by Crippen LogP contribution is 2.30. The summed E-state index contributed by atoms with van der Waals surface area (Å²) in [5.41, 5.74) is 4.99. The highest BCUT2D eigenvalue weighted by Gasteiger charge is 2.18. The number of carbonyl (C=O) groups excluding carboxylic acids is 1. The summed E-state index contributed by atoms with van der Waals surface area (Å²) in [5.74, 6) is 7.00. The van der Waals surface area contributed by atoms with E-state index in [1.807, 2.05) is 37.3 Å². The van der Waals surface area contributed by atoms with Crippen molar-refractivity contribution in [2.24, 2.45) is 0 Å². The third-order valence-corrected chi connectivity index (χ3v) is 6.10. The Morgan fingerprint density at radius 3 is 2.53 bits per heavy atom. The van der Waals surface area contributed by atoms with Crippen LogP contribution in [0.3, 0.4) is 0 Å². The molecule has 0 saturated heterocycles. The van der Waals surface area contributed by atoms with Gasteiger partial charge in [-0.05, 0) is 76.4 Å². The number of benzene rings is 1. The van der Waals surface area contributed by atoms with E-state index >= 15 is 0 Å². The summed E-state index contributed by atoms with van der Waals surface area (Å²) in [6.45, 7) is 7.21. The van der Waals surface area contributed by atoms with Crippen molar-refractivity contribution >= 4 is 33.9 Å². The fourth-order valence-corrected chi connectivity index (χ4v) is 3.99. The van der Waals surface area contributed by atoms with E-state index in [1.165, 1.54) is 0 Å². The second kappa shape index (κ2) is 11.2. The number of aromatic nitrogens is 4. The van der Waals surface area contributed by atoms with E-state index < -0.39 is 6.04 Å². The van der Waals surface area contributed by atoms with Crippen molar-refractivity contribution in [2.45, 2.75) is 33.7 Å². The SMILES string of the molecule is CNc1c(C(C)=N)nc(C)nc1-c1cc(C#Cc2ccc3c(C)nccc3c2)nc(NC(=O)C(C)NC)c1. The van der Waals surface area contributed by atoms with Crippen molar-refractivity contribution in [3.63, 3.8) is 0 Å². The largest absolute Gasteiger partial charge is 0.385 e. The summed E-state index contributed by atoms with van der Waals surface area (Å²) < 4.78 is 0. The number of pyridine rings is 2. The molecule has 9 nitrogen and oxygen atoms in total. The monoisotopic (exact) mass is 506 g/mol. The molecule has 0 saturated carbocycles. The van der Waals surface area contributed by atoms with E-state index in [0.29, 0.717) is 45.7 Å². The quantitative estimate of drug-likeness (QED) is 0.229. The maximum atomic E-state index is 12.6. The van der Waals surface area contributed by atoms with E-state index in [4.69, 9.17) is 5.41 Å². The van der Waals surface area contributed by atoms with Gasteiger partial charge in [-0.1, -0.05) is 12.0 Å². The van der Waals surface area contributed by atoms with Crippen LogP contribution in [0.5, 0.6) is 0 Å². The van der Waals surface area contributed by atoms with Gasteiger partial charge in [0.25, 0.3) is 0 Å². The molecule has 0 fully saturated rings. The number of nitrogens with one attached hydrogen (secondary N) is 4. The number of carbonyl (C=O) groups is 1. The number of anilines is 2. The molecule has 4 N–H and O–H groups in total. The van der Waals surface area contributed by atoms with Gasteiger partial charge in [0.15, 0.2) is 0 Å². The standard InChI is InChI=1S/C29H30N8O/c1-16(30)26-28(32-6)27(35-19(4)34-26)22-14-23(36-25(15-22)37-29(38)18(3)31-5)9-7-20-8-10-24-17(2)33-12-11-21(24)13-20/h8,10-15,18,30-32H,1-6H3,(H,36,37,38). The predicted molar refractivity (Wildman–Crippen MR) is 152 cm³/mol. The number of amides is 1. The highest BCUT2D eigenvalue weighted by atomic mass is 16.2. The predicted octanol–water partition coefficient (Wildman–Crippen LogP) is 4.08. The number of nitrogens with zero attached hydrogens (tertiary/aromatic N) is 4. The Bertz CT molecular complexity index is 1620. The van der Waals surface area contributed by atoms with Crippen molar-refractivity contribution in [2.75, 3.05) is 24.7 Å². The molecular weight excluding hydrogens is 476 g/mol. The van der Waals surface area contributed by atoms with Crippen LogP contribution in [0.15, 0.2) is 42.6 Å². The van der Waals surface area contributed by atoms with E-state index in [9.17, 15) is 4.79 Å². The van der Waals surface area contributed by atoms with E-state index in [2.05, 4.69) is 47.7 Å². The summed E-state index contributed by atoms with van der Waals surface area (Å²) in [5, 5.41) is 19.3. The summed E-state index contributed by atoms with van der Waals surface area (Å²) >= 11 is 0. The van der Waals surface area contributed by atoms with Crippen molar-refractivity contribution in [3.05, 3.63) is 71.1 Å². The fraction of sp³-hybridized carbons (Fsp3) is 0.241. The van der Waals surface area contributed by atoms with Crippen LogP contribution in [0.1, 0.15) is 42.3 Å². The lowest BCUT2D eigenvalue weighted by molar-refractivity contribution is -0.117. The van der Waals surface area contributed by atoms with Gasteiger partial charge in [-0.2, -0.15) is 0 Å². The van der Waals surface area contributed by atoms with E-state index in [1.54, 1.807) is 47.1 Å². The first-order valence-corrected chi connectivity index (χ1v) is 12.2. The third kappa shape index (κ3) is 5.66. The average Bonchev–Trinajstić information content (AvgIpc) is 2.90. The van der Waals surface area contributed by atoms with Gasteiger partial charge in [0, 0.05) is 35.5 Å². The van der Waals surface area contributed by atoms with Crippen molar-refractivity contribution in [1.29, 1.82) is 5.41 Å². The zero-order chi connectivity index (χ0) is 27.4. The fourth-order valence-electron chi connectivity index (χ4n) is 3.99. The van der Waals surface area contributed by atoms with Gasteiger partial charge in [-0.15, -0.1) is 0 Å². The first-order chi connectivity index (χ1) is 18.2. The minimum absolute atomic E-state index is 0.224. The van der Waals surface area contributed by atoms with Crippen LogP contribution in [0.4, 0.5) is 11.5 Å². The second-order valence-electron chi connectivity index (χ2n) is 8.93. The molecule has 4 aromatic rings. The molecule has 1 amide bonds. The van der Waals surface area contributed by atoms with Gasteiger partial charge in [-0.25, -0.2) is 15.0 Å². The van der Waals surface area contributed by atoms with Gasteiger partial charge >= 0.3 is 0 Å². The van der Waals surface area contributed by atoms with Gasteiger partial charge in [-0.3, -0.25) is 9.78 Å². The first kappa shape index (κ1) is 26.4. The Morgan fingerprint density at radius 2 is 1.82 bits per heavy atom. The van der Waals surface area contributed by atoms with Crippen LogP contribution >= 0.6 is 0 Å². The molecule has 0 aliphatic carbocycles. The summed E-state index contributed by atoms with van der Waals surface area (Å²) in [6, 6.07) is 11.1. The van der Waals surface area contributed by atoms with Gasteiger partial charge in [0.05, 0.1) is 23.1 Å². The lowest BCUT2D eigenvalue weighted by Crippen LogP contribution is -2.35. The maximum absolute atomic E-state index is 12.6. The van der Waals surface area contributed by atoms with Crippen LogP contribution in [-0.4, -0.2) is 51.7 Å². The normalized spacial score (nSPS) is 11.4. The molecule has 3 aromatic heterocycles. The van der Waals surface area contributed by atoms with Crippen LogP contribution in [0, 0.1) is 31.1 Å². The highest BCUT2D eigenvalue weighted by molar-refractivity contribution is 6.02. The molecule has 192 valence electrons. The minimum Gasteiger partial charge on any atom is -0.385 e. The zero-order valence-electron chi connectivity index (χ0n) is 22.3. The molecule has 3 heterocycles. The number of rotatable bonds is 6. The molecule has 0 aliphatic heterocycles. The van der Waals surface area contributed by atoms with Gasteiger partial charge in [0.2, 0.25) is 5.91 Å². The third-order valence-electron chi connectivity index (χ3n) is 6.10. The van der Waals surface area contributed by atoms with Crippen molar-refractivity contribution in [1.82, 2.24) is 25.3 Å². The van der Waals surface area contributed by atoms with E-state index in [0.717, 1.165) is 22.0 Å². The molecule has 0 radical (unpaired) electrons. The minimum atomic E-state index is -0.410. The van der Waals surface area contributed by atoms with Crippen molar-refractivity contribution < 1.29 is 4.79 Å². The molecule has 0 spiro atoms. The zero-order valence-corrected chi connectivity index (χ0v) is 22.3. The van der Waals surface area contributed by atoms with E-state index in [-0.39, 0.29) is 5.91 Å². The summed E-state index contributed by atoms with van der Waals surface area (Å²) in [6.07, 6.45) is 1.79. The molecule has 1 aromatic carbocycles. The Balaban J connectivity index is 1.84. The lowest BCUT2D eigenvalue weighted by atomic mass is 10.1. The topological polar surface area (TPSA) is 129 Å². The first-order valence-electron chi connectivity index (χ1n) is 12.2. The maximum Gasteiger partial charge on any atom is 0.242 e. The molecule has 1 unspecified atom stereocenters. The molecule has 9 heteroatoms. The Kier molecular flexibility index (Phi) is 7.74. The number of aryl methyl sites for hydroxylation is 2. The van der Waals surface area contributed by atoms with Crippen LogP contribution < -0.4 is 16.0 Å². The van der Waals surface area contributed by atoms with Crippen LogP contribution in [0.2, 0.25) is 0 Å². The number of hydrogen-bond donors (Lipinski definition) is 4. The molecule has 1 atom stereocenters. The Hall–Kier alpha value is -4.68. The smallest absolute Gasteiger partial charge is 0.242 e. The molecule has 0 bridgehead atoms. The number of hydrogen-bond acceptors (Lipinski definition) is 8. The Labute approximate surface area is 222 Å². The van der Waals surface area contributed by atoms with Crippen molar-refractivity contribution in [3.8, 4) is 23.1 Å². The van der Waals surface area contributed by atoms with Gasteiger partial charge in [0.1, 0.15) is 23.0 Å². The van der Waals surface area contributed by atoms with Crippen LogP contribution in [-0.2, 0) is 4.79 Å². The number of fused-ring (bicyclic) bond motifs is 1. The molecular formula is C29H30N8O. The summed E-state index contributed by atoms with van der Waals surface area (Å²) in [4.78, 5) is 30.7. The number of likely N-dealkylation sites (N-methyl/N-ethyl adjacent to an activating group) is 1. The molecule has 4 rings (SSSR count). The average molecular weight is 507 g/mol. The Morgan fingerprint density at radius 1 is 1.03 bits per heavy atom. The second-order valence-corrected chi connectivity index (χ2v) is 8.93. The molecule has 0 aliphatic rings. The lowest BCUT2D eigenvalue weighted by Gasteiger charge is -2.15. The summed E-state index contributed by atoms with van der Waals surface area (Å²) in [7, 11) is 3.48. The molecule has 38 heavy (non-hydrogen) atoms. The van der Waals surface area contributed by atoms with Gasteiger partial charge < -0.3 is 21.4 Å². The van der Waals surface area contributed by atoms with Crippen LogP contribution in [0.25, 0.3) is 22.0 Å².